The van der Waals surface area contributed by atoms with E-state index in [1.165, 1.54) is 5.56 Å². The Morgan fingerprint density at radius 2 is 1.87 bits per heavy atom. The molecule has 1 aromatic rings. The van der Waals surface area contributed by atoms with E-state index in [0.29, 0.717) is 11.2 Å². The van der Waals surface area contributed by atoms with Crippen molar-refractivity contribution in [1.29, 1.82) is 0 Å². The first-order chi connectivity index (χ1) is 7.13. The highest BCUT2D eigenvalue weighted by molar-refractivity contribution is 7.99. The lowest BCUT2D eigenvalue weighted by atomic mass is 10.1. The van der Waals surface area contributed by atoms with Gasteiger partial charge >= 0.3 is 0 Å². The van der Waals surface area contributed by atoms with Crippen LogP contribution in [0.1, 0.15) is 24.7 Å². The molecule has 0 fully saturated rings. The fourth-order valence-electron chi connectivity index (χ4n) is 1.22. The molecule has 3 heteroatoms. The second-order valence-electron chi connectivity index (χ2n) is 3.93. The number of anilines is 1. The van der Waals surface area contributed by atoms with Crippen LogP contribution in [0.15, 0.2) is 24.3 Å². The van der Waals surface area contributed by atoms with Gasteiger partial charge in [-0.2, -0.15) is 11.8 Å². The van der Waals surface area contributed by atoms with Crippen molar-refractivity contribution in [3.63, 3.8) is 0 Å². The SMILES string of the molecule is CC(CO)CSC(C)c1ccc(N)cc1. The molecule has 0 spiro atoms. The minimum Gasteiger partial charge on any atom is -0.399 e. The third kappa shape index (κ3) is 4.14. The highest BCUT2D eigenvalue weighted by Gasteiger charge is 2.08. The quantitative estimate of drug-likeness (QED) is 0.757. The first-order valence-electron chi connectivity index (χ1n) is 5.21. The maximum Gasteiger partial charge on any atom is 0.0464 e. The van der Waals surface area contributed by atoms with Crippen LogP contribution >= 0.6 is 11.8 Å². The molecule has 0 saturated heterocycles. The first-order valence-corrected chi connectivity index (χ1v) is 6.26. The van der Waals surface area contributed by atoms with Gasteiger partial charge in [0.25, 0.3) is 0 Å². The van der Waals surface area contributed by atoms with E-state index >= 15 is 0 Å². The van der Waals surface area contributed by atoms with Gasteiger partial charge in [0.15, 0.2) is 0 Å². The summed E-state index contributed by atoms with van der Waals surface area (Å²) in [5.74, 6) is 1.36. The molecule has 84 valence electrons. The van der Waals surface area contributed by atoms with E-state index in [1.54, 1.807) is 0 Å². The van der Waals surface area contributed by atoms with Crippen LogP contribution in [-0.2, 0) is 0 Å². The van der Waals surface area contributed by atoms with Gasteiger partial charge < -0.3 is 10.8 Å². The van der Waals surface area contributed by atoms with Crippen LogP contribution < -0.4 is 5.73 Å². The Hall–Kier alpha value is -0.670. The molecule has 2 unspecified atom stereocenters. The molecule has 3 N–H and O–H groups in total. The summed E-state index contributed by atoms with van der Waals surface area (Å²) in [5.41, 5.74) is 7.73. The zero-order valence-electron chi connectivity index (χ0n) is 9.31. The molecule has 0 amide bonds. The Labute approximate surface area is 95.9 Å². The van der Waals surface area contributed by atoms with Gasteiger partial charge in [-0.3, -0.25) is 0 Å². The number of aliphatic hydroxyl groups excluding tert-OH is 1. The summed E-state index contributed by atoms with van der Waals surface area (Å²) in [6.07, 6.45) is 0. The molecule has 0 aromatic heterocycles. The average molecular weight is 225 g/mol. The molecular weight excluding hydrogens is 206 g/mol. The minimum absolute atomic E-state index is 0.265. The van der Waals surface area contributed by atoms with Crippen LogP contribution in [0, 0.1) is 5.92 Å². The summed E-state index contributed by atoms with van der Waals surface area (Å²) in [6, 6.07) is 8.00. The van der Waals surface area contributed by atoms with E-state index < -0.39 is 0 Å². The van der Waals surface area contributed by atoms with Crippen LogP contribution in [0.25, 0.3) is 0 Å². The number of nitrogen functional groups attached to an aromatic ring is 1. The third-order valence-electron chi connectivity index (χ3n) is 2.35. The molecule has 0 aliphatic carbocycles. The number of nitrogens with two attached hydrogens (primary N) is 1. The molecule has 0 saturated carbocycles. The van der Waals surface area contributed by atoms with Gasteiger partial charge in [-0.15, -0.1) is 0 Å². The van der Waals surface area contributed by atoms with Crippen LogP contribution in [0.2, 0.25) is 0 Å². The monoisotopic (exact) mass is 225 g/mol. The summed E-state index contributed by atoms with van der Waals surface area (Å²) >= 11 is 1.87. The molecule has 0 radical (unpaired) electrons. The summed E-state index contributed by atoms with van der Waals surface area (Å²) < 4.78 is 0. The number of benzene rings is 1. The summed E-state index contributed by atoms with van der Waals surface area (Å²) in [4.78, 5) is 0. The first kappa shape index (κ1) is 12.4. The average Bonchev–Trinajstić information content (AvgIpc) is 2.26. The maximum atomic E-state index is 8.92. The van der Waals surface area contributed by atoms with Crippen LogP contribution in [0.5, 0.6) is 0 Å². The van der Waals surface area contributed by atoms with Gasteiger partial charge in [-0.05, 0) is 36.3 Å². The molecule has 2 nitrogen and oxygen atoms in total. The van der Waals surface area contributed by atoms with Crippen molar-refractivity contribution in [3.8, 4) is 0 Å². The molecule has 1 rings (SSSR count). The topological polar surface area (TPSA) is 46.2 Å². The second-order valence-corrected chi connectivity index (χ2v) is 5.30. The van der Waals surface area contributed by atoms with Crippen molar-refractivity contribution in [2.24, 2.45) is 5.92 Å². The predicted octanol–water partition coefficient (Wildman–Crippen LogP) is 2.69. The van der Waals surface area contributed by atoms with Gasteiger partial charge in [0.1, 0.15) is 0 Å². The van der Waals surface area contributed by atoms with Crippen molar-refractivity contribution in [3.05, 3.63) is 29.8 Å². The van der Waals surface area contributed by atoms with Crippen LogP contribution in [0.3, 0.4) is 0 Å². The maximum absolute atomic E-state index is 8.92. The van der Waals surface area contributed by atoms with Gasteiger partial charge in [0, 0.05) is 17.5 Å². The highest BCUT2D eigenvalue weighted by Crippen LogP contribution is 2.29. The molecule has 0 bridgehead atoms. The molecule has 1 aromatic carbocycles. The summed E-state index contributed by atoms with van der Waals surface area (Å²) in [6.45, 7) is 4.50. The van der Waals surface area contributed by atoms with Crippen molar-refractivity contribution in [2.45, 2.75) is 19.1 Å². The van der Waals surface area contributed by atoms with Gasteiger partial charge in [0.2, 0.25) is 0 Å². The third-order valence-corrected chi connectivity index (χ3v) is 3.88. The number of thioether (sulfide) groups is 1. The number of aliphatic hydroxyl groups is 1. The zero-order valence-corrected chi connectivity index (χ0v) is 10.1. The Kier molecular flexibility index (Phi) is 4.99. The Morgan fingerprint density at radius 1 is 1.27 bits per heavy atom. The minimum atomic E-state index is 0.265. The molecular formula is C12H19NOS. The number of hydrogen-bond donors (Lipinski definition) is 2. The number of rotatable bonds is 5. The normalized spacial score (nSPS) is 14.9. The van der Waals surface area contributed by atoms with E-state index in [0.717, 1.165) is 11.4 Å². The highest BCUT2D eigenvalue weighted by atomic mass is 32.2. The molecule has 0 aliphatic heterocycles. The second kappa shape index (κ2) is 6.03. The van der Waals surface area contributed by atoms with Gasteiger partial charge in [-0.1, -0.05) is 19.1 Å². The van der Waals surface area contributed by atoms with E-state index in [-0.39, 0.29) is 6.61 Å². The molecule has 0 heterocycles. The molecule has 15 heavy (non-hydrogen) atoms. The Bertz CT molecular complexity index is 286. The van der Waals surface area contributed by atoms with E-state index in [4.69, 9.17) is 10.8 Å². The Balaban J connectivity index is 2.46. The molecule has 2 atom stereocenters. The van der Waals surface area contributed by atoms with Crippen molar-refractivity contribution < 1.29 is 5.11 Å². The summed E-state index contributed by atoms with van der Waals surface area (Å²) in [7, 11) is 0. The van der Waals surface area contributed by atoms with E-state index in [1.807, 2.05) is 23.9 Å². The fraction of sp³-hybridized carbons (Fsp3) is 0.500. The Morgan fingerprint density at radius 3 is 2.40 bits per heavy atom. The largest absolute Gasteiger partial charge is 0.399 e. The predicted molar refractivity (Wildman–Crippen MR) is 68.0 cm³/mol. The number of hydrogen-bond acceptors (Lipinski definition) is 3. The lowest BCUT2D eigenvalue weighted by molar-refractivity contribution is 0.250. The molecule has 0 aliphatic rings. The van der Waals surface area contributed by atoms with Crippen molar-refractivity contribution >= 4 is 17.4 Å². The zero-order chi connectivity index (χ0) is 11.3. The fourth-order valence-corrected chi connectivity index (χ4v) is 2.30. The van der Waals surface area contributed by atoms with Crippen molar-refractivity contribution in [1.82, 2.24) is 0 Å². The van der Waals surface area contributed by atoms with Crippen molar-refractivity contribution in [2.75, 3.05) is 18.1 Å². The van der Waals surface area contributed by atoms with E-state index in [9.17, 15) is 0 Å². The van der Waals surface area contributed by atoms with Crippen LogP contribution in [0.4, 0.5) is 5.69 Å². The lowest BCUT2D eigenvalue weighted by Crippen LogP contribution is -2.04. The smallest absolute Gasteiger partial charge is 0.0464 e. The van der Waals surface area contributed by atoms with Gasteiger partial charge in [0.05, 0.1) is 0 Å². The van der Waals surface area contributed by atoms with Crippen LogP contribution in [-0.4, -0.2) is 17.5 Å². The lowest BCUT2D eigenvalue weighted by Gasteiger charge is -2.14. The van der Waals surface area contributed by atoms with Gasteiger partial charge in [-0.25, -0.2) is 0 Å². The standard InChI is InChI=1S/C12H19NOS/c1-9(7-14)8-15-10(2)11-3-5-12(13)6-4-11/h3-6,9-10,14H,7-8,13H2,1-2H3. The summed E-state index contributed by atoms with van der Waals surface area (Å²) in [5, 5.41) is 9.38. The van der Waals surface area contributed by atoms with E-state index in [2.05, 4.69) is 26.0 Å².